The summed E-state index contributed by atoms with van der Waals surface area (Å²) in [4.78, 5) is 2.49. The molecule has 1 heteroatoms. The third-order valence-electron chi connectivity index (χ3n) is 7.01. The van der Waals surface area contributed by atoms with E-state index in [9.17, 15) is 0 Å². The van der Waals surface area contributed by atoms with Crippen molar-refractivity contribution in [3.63, 3.8) is 0 Å². The van der Waals surface area contributed by atoms with Gasteiger partial charge in [0.1, 0.15) is 0 Å². The van der Waals surface area contributed by atoms with Gasteiger partial charge in [-0.1, -0.05) is 155 Å². The van der Waals surface area contributed by atoms with E-state index in [1.165, 1.54) is 154 Å². The maximum Gasteiger partial charge on any atom is 0.00891 e. The van der Waals surface area contributed by atoms with Crippen LogP contribution in [0.3, 0.4) is 0 Å². The van der Waals surface area contributed by atoms with Crippen LogP contribution in [0.25, 0.3) is 0 Å². The molecule has 0 aliphatic rings. The monoisotopic (exact) mass is 423 g/mol. The summed E-state index contributed by atoms with van der Waals surface area (Å²) in [6.45, 7) is 4.61. The van der Waals surface area contributed by atoms with E-state index in [1.807, 2.05) is 0 Å². The summed E-state index contributed by atoms with van der Waals surface area (Å²) in [6.07, 6.45) is 34.8. The highest BCUT2D eigenvalue weighted by molar-refractivity contribution is 4.67. The molecule has 0 rings (SSSR count). The molecule has 182 valence electrons. The van der Waals surface area contributed by atoms with Gasteiger partial charge in [-0.3, -0.25) is 0 Å². The van der Waals surface area contributed by atoms with Gasteiger partial charge in [-0.05, 0) is 26.9 Å². The molecule has 0 spiro atoms. The molecule has 0 aromatic carbocycles. The van der Waals surface area contributed by atoms with Crippen LogP contribution in [0, 0.1) is 0 Å². The summed E-state index contributed by atoms with van der Waals surface area (Å²) in [5.41, 5.74) is 0. The predicted molar refractivity (Wildman–Crippen MR) is 140 cm³/mol. The van der Waals surface area contributed by atoms with Crippen LogP contribution in [-0.4, -0.2) is 25.0 Å². The highest BCUT2D eigenvalue weighted by Gasteiger charge is 2.10. The lowest BCUT2D eigenvalue weighted by molar-refractivity contribution is 0.251. The SMILES string of the molecule is CCCCCCCCCCCCCCCCC[C@@H](CCCCCCCCC)N(C)C. The Labute approximate surface area is 193 Å². The maximum absolute atomic E-state index is 2.49. The fourth-order valence-electron chi connectivity index (χ4n) is 4.75. The minimum Gasteiger partial charge on any atom is -0.306 e. The van der Waals surface area contributed by atoms with Crippen LogP contribution in [0.1, 0.15) is 168 Å². The molecular formula is C29H61N. The lowest BCUT2D eigenvalue weighted by Gasteiger charge is -2.24. The van der Waals surface area contributed by atoms with E-state index < -0.39 is 0 Å². The average Bonchev–Trinajstić information content (AvgIpc) is 2.74. The molecule has 0 saturated carbocycles. The Morgan fingerprint density at radius 1 is 0.367 bits per heavy atom. The van der Waals surface area contributed by atoms with Gasteiger partial charge >= 0.3 is 0 Å². The molecular weight excluding hydrogens is 362 g/mol. The summed E-state index contributed by atoms with van der Waals surface area (Å²) in [5.74, 6) is 0. The van der Waals surface area contributed by atoms with Crippen LogP contribution in [-0.2, 0) is 0 Å². The summed E-state index contributed by atoms with van der Waals surface area (Å²) < 4.78 is 0. The Morgan fingerprint density at radius 3 is 0.833 bits per heavy atom. The number of nitrogens with zero attached hydrogens (tertiary/aromatic N) is 1. The lowest BCUT2D eigenvalue weighted by Crippen LogP contribution is -2.27. The fraction of sp³-hybridized carbons (Fsp3) is 1.00. The minimum absolute atomic E-state index is 0.822. The molecule has 30 heavy (non-hydrogen) atoms. The first-order valence-electron chi connectivity index (χ1n) is 14.4. The van der Waals surface area contributed by atoms with Crippen LogP contribution < -0.4 is 0 Å². The van der Waals surface area contributed by atoms with E-state index in [4.69, 9.17) is 0 Å². The molecule has 0 saturated heterocycles. The summed E-state index contributed by atoms with van der Waals surface area (Å²) in [5, 5.41) is 0. The molecule has 0 amide bonds. The first-order valence-corrected chi connectivity index (χ1v) is 14.4. The van der Waals surface area contributed by atoms with Gasteiger partial charge < -0.3 is 4.90 Å². The predicted octanol–water partition coefficient (Wildman–Crippen LogP) is 10.3. The van der Waals surface area contributed by atoms with Gasteiger partial charge in [0.25, 0.3) is 0 Å². The smallest absolute Gasteiger partial charge is 0.00891 e. The topological polar surface area (TPSA) is 3.24 Å². The second-order valence-corrected chi connectivity index (χ2v) is 10.3. The first-order chi connectivity index (χ1) is 14.7. The Kier molecular flexibility index (Phi) is 25.2. The van der Waals surface area contributed by atoms with Crippen molar-refractivity contribution in [2.75, 3.05) is 14.1 Å². The van der Waals surface area contributed by atoms with Crippen molar-refractivity contribution in [1.29, 1.82) is 0 Å². The molecule has 0 fully saturated rings. The second-order valence-electron chi connectivity index (χ2n) is 10.3. The van der Waals surface area contributed by atoms with Crippen molar-refractivity contribution in [2.45, 2.75) is 174 Å². The van der Waals surface area contributed by atoms with Crippen LogP contribution in [0.5, 0.6) is 0 Å². The fourth-order valence-corrected chi connectivity index (χ4v) is 4.75. The molecule has 1 nitrogen and oxygen atoms in total. The molecule has 0 N–H and O–H groups in total. The van der Waals surface area contributed by atoms with Crippen LogP contribution in [0.15, 0.2) is 0 Å². The van der Waals surface area contributed by atoms with Gasteiger partial charge in [-0.15, -0.1) is 0 Å². The van der Waals surface area contributed by atoms with Gasteiger partial charge in [0.15, 0.2) is 0 Å². The summed E-state index contributed by atoms with van der Waals surface area (Å²) in [7, 11) is 4.58. The van der Waals surface area contributed by atoms with E-state index >= 15 is 0 Å². The Balaban J connectivity index is 3.36. The molecule has 0 aromatic rings. The van der Waals surface area contributed by atoms with Crippen molar-refractivity contribution in [2.24, 2.45) is 0 Å². The minimum atomic E-state index is 0.822. The lowest BCUT2D eigenvalue weighted by atomic mass is 9.99. The second kappa shape index (κ2) is 25.2. The summed E-state index contributed by atoms with van der Waals surface area (Å²) >= 11 is 0. The largest absolute Gasteiger partial charge is 0.306 e. The molecule has 0 aromatic heterocycles. The van der Waals surface area contributed by atoms with Crippen LogP contribution >= 0.6 is 0 Å². The van der Waals surface area contributed by atoms with Crippen molar-refractivity contribution in [3.8, 4) is 0 Å². The van der Waals surface area contributed by atoms with E-state index in [1.54, 1.807) is 0 Å². The van der Waals surface area contributed by atoms with Gasteiger partial charge in [0.2, 0.25) is 0 Å². The van der Waals surface area contributed by atoms with Crippen molar-refractivity contribution < 1.29 is 0 Å². The summed E-state index contributed by atoms with van der Waals surface area (Å²) in [6, 6.07) is 0.822. The zero-order valence-corrected chi connectivity index (χ0v) is 22.0. The van der Waals surface area contributed by atoms with Crippen LogP contribution in [0.2, 0.25) is 0 Å². The molecule has 0 unspecified atom stereocenters. The van der Waals surface area contributed by atoms with Crippen molar-refractivity contribution in [3.05, 3.63) is 0 Å². The molecule has 0 heterocycles. The highest BCUT2D eigenvalue weighted by atomic mass is 15.1. The molecule has 1 atom stereocenters. The van der Waals surface area contributed by atoms with Gasteiger partial charge in [-0.2, -0.15) is 0 Å². The third kappa shape index (κ3) is 22.6. The normalized spacial score (nSPS) is 12.7. The Morgan fingerprint density at radius 2 is 0.600 bits per heavy atom. The first kappa shape index (κ1) is 30.0. The maximum atomic E-state index is 2.49. The molecule has 0 radical (unpaired) electrons. The quantitative estimate of drug-likeness (QED) is 0.132. The Hall–Kier alpha value is -0.0400. The van der Waals surface area contributed by atoms with Crippen molar-refractivity contribution >= 4 is 0 Å². The number of unbranched alkanes of at least 4 members (excludes halogenated alkanes) is 20. The molecule has 0 aliphatic heterocycles. The molecule has 0 aliphatic carbocycles. The number of rotatable bonds is 25. The number of hydrogen-bond donors (Lipinski definition) is 0. The zero-order chi connectivity index (χ0) is 22.1. The zero-order valence-electron chi connectivity index (χ0n) is 22.0. The van der Waals surface area contributed by atoms with E-state index in [0.717, 1.165) is 6.04 Å². The number of hydrogen-bond acceptors (Lipinski definition) is 1. The van der Waals surface area contributed by atoms with E-state index in [2.05, 4.69) is 32.8 Å². The van der Waals surface area contributed by atoms with E-state index in [-0.39, 0.29) is 0 Å². The van der Waals surface area contributed by atoms with Gasteiger partial charge in [0, 0.05) is 6.04 Å². The van der Waals surface area contributed by atoms with Crippen molar-refractivity contribution in [1.82, 2.24) is 4.90 Å². The van der Waals surface area contributed by atoms with Gasteiger partial charge in [0.05, 0.1) is 0 Å². The third-order valence-corrected chi connectivity index (χ3v) is 7.01. The average molecular weight is 424 g/mol. The van der Waals surface area contributed by atoms with Crippen LogP contribution in [0.4, 0.5) is 0 Å². The highest BCUT2D eigenvalue weighted by Crippen LogP contribution is 2.18. The van der Waals surface area contributed by atoms with E-state index in [0.29, 0.717) is 0 Å². The van der Waals surface area contributed by atoms with Gasteiger partial charge in [-0.25, -0.2) is 0 Å². The molecule has 0 bridgehead atoms. The Bertz CT molecular complexity index is 299. The standard InChI is InChI=1S/C29H61N/c1-5-7-9-11-13-14-15-16-17-18-19-20-22-24-26-28-29(30(3)4)27-25-23-21-12-10-8-6-2/h29H,5-28H2,1-4H3/t29-/m1/s1.